The Morgan fingerprint density at radius 2 is 1.80 bits per heavy atom. The fourth-order valence-corrected chi connectivity index (χ4v) is 3.38. The second-order valence-electron chi connectivity index (χ2n) is 5.37. The van der Waals surface area contributed by atoms with E-state index in [9.17, 15) is 0 Å². The van der Waals surface area contributed by atoms with Crippen molar-refractivity contribution in [3.8, 4) is 0 Å². The van der Waals surface area contributed by atoms with Crippen molar-refractivity contribution in [3.05, 3.63) is 0 Å². The molecule has 2 aliphatic rings. The molecule has 0 bridgehead atoms. The standard InChI is InChI=1S/C13H26N2/c1-14-13(12-4-2-3-5-12)10-11-6-8-15-9-7-11/h11-15H,2-10H2,1H3. The fraction of sp³-hybridized carbons (Fsp3) is 1.00. The van der Waals surface area contributed by atoms with Crippen molar-refractivity contribution < 1.29 is 0 Å². The summed E-state index contributed by atoms with van der Waals surface area (Å²) in [4.78, 5) is 0. The van der Waals surface area contributed by atoms with Crippen LogP contribution < -0.4 is 10.6 Å². The van der Waals surface area contributed by atoms with Crippen LogP contribution in [0.5, 0.6) is 0 Å². The van der Waals surface area contributed by atoms with Crippen molar-refractivity contribution in [1.29, 1.82) is 0 Å². The number of nitrogens with one attached hydrogen (secondary N) is 2. The number of piperidine rings is 1. The molecule has 1 saturated carbocycles. The Labute approximate surface area is 94.2 Å². The molecular weight excluding hydrogens is 184 g/mol. The summed E-state index contributed by atoms with van der Waals surface area (Å²) in [5.74, 6) is 1.95. The average Bonchev–Trinajstić information content (AvgIpc) is 2.81. The second kappa shape index (κ2) is 5.86. The smallest absolute Gasteiger partial charge is 0.00949 e. The van der Waals surface area contributed by atoms with Crippen molar-refractivity contribution in [2.45, 2.75) is 51.0 Å². The van der Waals surface area contributed by atoms with Gasteiger partial charge in [0.25, 0.3) is 0 Å². The molecule has 0 amide bonds. The van der Waals surface area contributed by atoms with Gasteiger partial charge in [-0.15, -0.1) is 0 Å². The van der Waals surface area contributed by atoms with E-state index in [0.29, 0.717) is 0 Å². The highest BCUT2D eigenvalue weighted by atomic mass is 14.9. The van der Waals surface area contributed by atoms with Gasteiger partial charge in [-0.2, -0.15) is 0 Å². The molecule has 2 N–H and O–H groups in total. The van der Waals surface area contributed by atoms with Crippen LogP contribution in [0.1, 0.15) is 44.9 Å². The predicted octanol–water partition coefficient (Wildman–Crippen LogP) is 2.15. The quantitative estimate of drug-likeness (QED) is 0.743. The summed E-state index contributed by atoms with van der Waals surface area (Å²) in [6.45, 7) is 2.48. The van der Waals surface area contributed by atoms with E-state index >= 15 is 0 Å². The van der Waals surface area contributed by atoms with Crippen LogP contribution in [-0.2, 0) is 0 Å². The number of rotatable bonds is 4. The summed E-state index contributed by atoms with van der Waals surface area (Å²) in [6.07, 6.45) is 10.1. The molecule has 1 aliphatic heterocycles. The van der Waals surface area contributed by atoms with E-state index < -0.39 is 0 Å². The van der Waals surface area contributed by atoms with Crippen LogP contribution in [0.3, 0.4) is 0 Å². The van der Waals surface area contributed by atoms with Gasteiger partial charge in [0.15, 0.2) is 0 Å². The molecule has 0 radical (unpaired) electrons. The zero-order valence-corrected chi connectivity index (χ0v) is 10.1. The summed E-state index contributed by atoms with van der Waals surface area (Å²) >= 11 is 0. The minimum absolute atomic E-state index is 0.801. The summed E-state index contributed by atoms with van der Waals surface area (Å²) in [6, 6.07) is 0.801. The molecule has 15 heavy (non-hydrogen) atoms. The molecule has 1 aliphatic carbocycles. The molecule has 0 spiro atoms. The third kappa shape index (κ3) is 3.18. The van der Waals surface area contributed by atoms with Gasteiger partial charge in [-0.25, -0.2) is 0 Å². The minimum Gasteiger partial charge on any atom is -0.317 e. The first-order valence-corrected chi connectivity index (χ1v) is 6.78. The summed E-state index contributed by atoms with van der Waals surface area (Å²) < 4.78 is 0. The van der Waals surface area contributed by atoms with Crippen LogP contribution in [0.15, 0.2) is 0 Å². The lowest BCUT2D eigenvalue weighted by Crippen LogP contribution is -2.37. The van der Waals surface area contributed by atoms with E-state index in [1.54, 1.807) is 0 Å². The Bertz CT molecular complexity index is 169. The monoisotopic (exact) mass is 210 g/mol. The summed E-state index contributed by atoms with van der Waals surface area (Å²) in [5, 5.41) is 7.03. The molecule has 0 aromatic carbocycles. The highest BCUT2D eigenvalue weighted by Gasteiger charge is 2.26. The van der Waals surface area contributed by atoms with Crippen molar-refractivity contribution in [3.63, 3.8) is 0 Å². The van der Waals surface area contributed by atoms with Gasteiger partial charge in [0.2, 0.25) is 0 Å². The second-order valence-corrected chi connectivity index (χ2v) is 5.37. The molecule has 0 aromatic heterocycles. The number of hydrogen-bond donors (Lipinski definition) is 2. The zero-order chi connectivity index (χ0) is 10.5. The van der Waals surface area contributed by atoms with Crippen LogP contribution in [0.25, 0.3) is 0 Å². The maximum Gasteiger partial charge on any atom is 0.00949 e. The zero-order valence-electron chi connectivity index (χ0n) is 10.1. The van der Waals surface area contributed by atoms with Gasteiger partial charge in [0.05, 0.1) is 0 Å². The predicted molar refractivity (Wildman–Crippen MR) is 65.0 cm³/mol. The van der Waals surface area contributed by atoms with Crippen molar-refractivity contribution in [2.24, 2.45) is 11.8 Å². The van der Waals surface area contributed by atoms with Gasteiger partial charge in [0, 0.05) is 6.04 Å². The van der Waals surface area contributed by atoms with Crippen LogP contribution in [0.2, 0.25) is 0 Å². The van der Waals surface area contributed by atoms with Crippen molar-refractivity contribution in [2.75, 3.05) is 20.1 Å². The first kappa shape index (κ1) is 11.4. The maximum absolute atomic E-state index is 3.57. The van der Waals surface area contributed by atoms with Gasteiger partial charge in [-0.3, -0.25) is 0 Å². The molecular formula is C13H26N2. The maximum atomic E-state index is 3.57. The third-order valence-electron chi connectivity index (χ3n) is 4.39. The van der Waals surface area contributed by atoms with Crippen LogP contribution in [0.4, 0.5) is 0 Å². The van der Waals surface area contributed by atoms with Crippen LogP contribution in [-0.4, -0.2) is 26.2 Å². The Kier molecular flexibility index (Phi) is 4.45. The molecule has 2 fully saturated rings. The average molecular weight is 210 g/mol. The van der Waals surface area contributed by atoms with E-state index in [2.05, 4.69) is 17.7 Å². The van der Waals surface area contributed by atoms with E-state index in [1.807, 2.05) is 0 Å². The van der Waals surface area contributed by atoms with Crippen LogP contribution >= 0.6 is 0 Å². The number of hydrogen-bond acceptors (Lipinski definition) is 2. The van der Waals surface area contributed by atoms with Crippen LogP contribution in [0, 0.1) is 11.8 Å². The Morgan fingerprint density at radius 3 is 2.40 bits per heavy atom. The van der Waals surface area contributed by atoms with E-state index in [-0.39, 0.29) is 0 Å². The molecule has 88 valence electrons. The first-order chi connectivity index (χ1) is 7.40. The molecule has 1 atom stereocenters. The molecule has 1 heterocycles. The molecule has 1 unspecified atom stereocenters. The van der Waals surface area contributed by atoms with Gasteiger partial charge in [-0.05, 0) is 64.1 Å². The largest absolute Gasteiger partial charge is 0.317 e. The fourth-order valence-electron chi connectivity index (χ4n) is 3.38. The van der Waals surface area contributed by atoms with Gasteiger partial charge < -0.3 is 10.6 Å². The Balaban J connectivity index is 1.78. The molecule has 2 rings (SSSR count). The van der Waals surface area contributed by atoms with E-state index in [4.69, 9.17) is 0 Å². The molecule has 1 saturated heterocycles. The topological polar surface area (TPSA) is 24.1 Å². The Morgan fingerprint density at radius 1 is 1.13 bits per heavy atom. The lowest BCUT2D eigenvalue weighted by Gasteiger charge is -2.30. The molecule has 2 heteroatoms. The molecule has 0 aromatic rings. The molecule has 2 nitrogen and oxygen atoms in total. The van der Waals surface area contributed by atoms with Gasteiger partial charge in [0.1, 0.15) is 0 Å². The van der Waals surface area contributed by atoms with Crippen molar-refractivity contribution in [1.82, 2.24) is 10.6 Å². The van der Waals surface area contributed by atoms with E-state index in [0.717, 1.165) is 17.9 Å². The Hall–Kier alpha value is -0.0800. The van der Waals surface area contributed by atoms with Crippen molar-refractivity contribution >= 4 is 0 Å². The SMILES string of the molecule is CNC(CC1CCNCC1)C1CCCC1. The first-order valence-electron chi connectivity index (χ1n) is 6.78. The minimum atomic E-state index is 0.801. The van der Waals surface area contributed by atoms with Gasteiger partial charge in [-0.1, -0.05) is 12.8 Å². The lowest BCUT2D eigenvalue weighted by molar-refractivity contribution is 0.267. The highest BCUT2D eigenvalue weighted by Crippen LogP contribution is 2.31. The summed E-state index contributed by atoms with van der Waals surface area (Å²) in [5.41, 5.74) is 0. The normalized spacial score (nSPS) is 27.0. The highest BCUT2D eigenvalue weighted by molar-refractivity contribution is 4.83. The third-order valence-corrected chi connectivity index (χ3v) is 4.39. The van der Waals surface area contributed by atoms with E-state index in [1.165, 1.54) is 58.0 Å². The summed E-state index contributed by atoms with van der Waals surface area (Å²) in [7, 11) is 2.16. The lowest BCUT2D eigenvalue weighted by atomic mass is 9.85. The van der Waals surface area contributed by atoms with Gasteiger partial charge >= 0.3 is 0 Å².